The zero-order valence-electron chi connectivity index (χ0n) is 15.7. The minimum absolute atomic E-state index is 0.0508. The Balaban J connectivity index is 1.63. The number of nitrogens with zero attached hydrogens (tertiary/aromatic N) is 3. The lowest BCUT2D eigenvalue weighted by Gasteiger charge is -2.14. The highest BCUT2D eigenvalue weighted by molar-refractivity contribution is 7.92. The van der Waals surface area contributed by atoms with Crippen LogP contribution in [0.3, 0.4) is 0 Å². The molecule has 0 spiro atoms. The van der Waals surface area contributed by atoms with Gasteiger partial charge in [-0.2, -0.15) is 13.2 Å². The number of pyridine rings is 1. The van der Waals surface area contributed by atoms with Gasteiger partial charge in [0.15, 0.2) is 5.65 Å². The Kier molecular flexibility index (Phi) is 5.05. The van der Waals surface area contributed by atoms with Crippen molar-refractivity contribution < 1.29 is 21.6 Å². The highest BCUT2D eigenvalue weighted by Gasteiger charge is 2.36. The molecular weight excluding hydrogens is 433 g/mol. The van der Waals surface area contributed by atoms with Crippen LogP contribution in [0, 0.1) is 0 Å². The zero-order chi connectivity index (χ0) is 22.2. The van der Waals surface area contributed by atoms with Gasteiger partial charge in [-0.25, -0.2) is 17.9 Å². The van der Waals surface area contributed by atoms with Crippen LogP contribution < -0.4 is 10.4 Å². The van der Waals surface area contributed by atoms with E-state index in [2.05, 4.69) is 9.82 Å². The fourth-order valence-corrected chi connectivity index (χ4v) is 4.40. The van der Waals surface area contributed by atoms with Crippen LogP contribution in [0.25, 0.3) is 5.65 Å². The maximum atomic E-state index is 13.2. The summed E-state index contributed by atoms with van der Waals surface area (Å²) < 4.78 is 69.7. The molecule has 0 amide bonds. The van der Waals surface area contributed by atoms with Crippen LogP contribution >= 0.6 is 0 Å². The monoisotopic (exact) mass is 448 g/mol. The van der Waals surface area contributed by atoms with Crippen LogP contribution in [0.2, 0.25) is 0 Å². The second kappa shape index (κ2) is 7.58. The van der Waals surface area contributed by atoms with Crippen molar-refractivity contribution in [1.29, 1.82) is 0 Å². The zero-order valence-corrected chi connectivity index (χ0v) is 16.6. The van der Waals surface area contributed by atoms with E-state index < -0.39 is 26.7 Å². The summed E-state index contributed by atoms with van der Waals surface area (Å²) >= 11 is 0. The Morgan fingerprint density at radius 1 is 0.968 bits per heavy atom. The van der Waals surface area contributed by atoms with Crippen molar-refractivity contribution in [2.24, 2.45) is 0 Å². The van der Waals surface area contributed by atoms with E-state index in [9.17, 15) is 26.4 Å². The molecule has 0 aliphatic rings. The molecule has 0 saturated heterocycles. The van der Waals surface area contributed by atoms with E-state index >= 15 is 0 Å². The third kappa shape index (κ3) is 4.17. The van der Waals surface area contributed by atoms with Crippen LogP contribution in [0.4, 0.5) is 18.9 Å². The minimum Gasteiger partial charge on any atom is -0.280 e. The van der Waals surface area contributed by atoms with Gasteiger partial charge in [0.25, 0.3) is 10.0 Å². The van der Waals surface area contributed by atoms with Crippen LogP contribution in [0.15, 0.2) is 82.6 Å². The Labute approximate surface area is 174 Å². The predicted octanol–water partition coefficient (Wildman–Crippen LogP) is 3.36. The molecule has 0 unspecified atom stereocenters. The minimum atomic E-state index is -4.82. The summed E-state index contributed by atoms with van der Waals surface area (Å²) in [7, 11) is -4.50. The van der Waals surface area contributed by atoms with Gasteiger partial charge in [-0.3, -0.25) is 9.12 Å². The summed E-state index contributed by atoms with van der Waals surface area (Å²) in [6.07, 6.45) is -3.25. The molecule has 1 N–H and O–H groups in total. The van der Waals surface area contributed by atoms with E-state index in [1.807, 2.05) is 0 Å². The largest absolute Gasteiger partial charge is 0.417 e. The van der Waals surface area contributed by atoms with Gasteiger partial charge in [0.05, 0.1) is 17.0 Å². The van der Waals surface area contributed by atoms with Gasteiger partial charge in [-0.1, -0.05) is 30.3 Å². The molecule has 0 aliphatic carbocycles. The molecular formula is C20H15F3N4O3S. The number of hydrogen-bond acceptors (Lipinski definition) is 4. The van der Waals surface area contributed by atoms with Crippen molar-refractivity contribution in [3.8, 4) is 0 Å². The second-order valence-corrected chi connectivity index (χ2v) is 8.32. The van der Waals surface area contributed by atoms with Gasteiger partial charge >= 0.3 is 11.9 Å². The van der Waals surface area contributed by atoms with Gasteiger partial charge in [-0.15, -0.1) is 5.10 Å². The number of rotatable bonds is 5. The van der Waals surface area contributed by atoms with Gasteiger partial charge < -0.3 is 0 Å². The Bertz CT molecular complexity index is 1430. The van der Waals surface area contributed by atoms with E-state index in [1.165, 1.54) is 33.3 Å². The molecule has 7 nitrogen and oxygen atoms in total. The average Bonchev–Trinajstić information content (AvgIpc) is 3.03. The van der Waals surface area contributed by atoms with Gasteiger partial charge in [0, 0.05) is 11.9 Å². The smallest absolute Gasteiger partial charge is 0.280 e. The van der Waals surface area contributed by atoms with Crippen molar-refractivity contribution >= 4 is 21.4 Å². The third-order valence-corrected chi connectivity index (χ3v) is 5.92. The lowest BCUT2D eigenvalue weighted by Crippen LogP contribution is -2.22. The SMILES string of the molecule is O=c1n(Cc2cccc(NS(=O)(=O)c3ccccc3C(F)(F)F)c2)nc2ccccn12. The first kappa shape index (κ1) is 20.7. The van der Waals surface area contributed by atoms with Crippen molar-refractivity contribution in [2.45, 2.75) is 17.6 Å². The molecule has 2 heterocycles. The van der Waals surface area contributed by atoms with Crippen LogP contribution in [0.1, 0.15) is 11.1 Å². The van der Waals surface area contributed by atoms with E-state index in [0.717, 1.165) is 12.1 Å². The standard InChI is InChI=1S/C20H15F3N4O3S/c21-20(22,23)16-8-1-2-9-17(16)31(29,30)25-15-7-5-6-14(12-15)13-27-19(28)26-11-4-3-10-18(26)24-27/h1-12,25H,13H2. The van der Waals surface area contributed by atoms with Crippen LogP contribution in [0.5, 0.6) is 0 Å². The summed E-state index contributed by atoms with van der Waals surface area (Å²) in [6.45, 7) is 0.0508. The normalized spacial score (nSPS) is 12.2. The highest BCUT2D eigenvalue weighted by atomic mass is 32.2. The number of aromatic nitrogens is 3. The first-order valence-corrected chi connectivity index (χ1v) is 10.5. The molecule has 0 radical (unpaired) electrons. The fraction of sp³-hybridized carbons (Fsp3) is 0.100. The first-order valence-electron chi connectivity index (χ1n) is 8.97. The quantitative estimate of drug-likeness (QED) is 0.507. The first-order chi connectivity index (χ1) is 14.6. The molecule has 160 valence electrons. The van der Waals surface area contributed by atoms with E-state index in [-0.39, 0.29) is 17.9 Å². The van der Waals surface area contributed by atoms with Gasteiger partial charge in [-0.05, 0) is 42.0 Å². The molecule has 0 atom stereocenters. The Hall–Kier alpha value is -3.60. The molecule has 31 heavy (non-hydrogen) atoms. The van der Waals surface area contributed by atoms with E-state index in [0.29, 0.717) is 17.3 Å². The predicted molar refractivity (Wildman–Crippen MR) is 107 cm³/mol. The molecule has 0 saturated carbocycles. The molecule has 4 rings (SSSR count). The van der Waals surface area contributed by atoms with Crippen LogP contribution in [-0.2, 0) is 22.7 Å². The van der Waals surface area contributed by atoms with Crippen molar-refractivity contribution in [1.82, 2.24) is 14.2 Å². The van der Waals surface area contributed by atoms with Gasteiger partial charge in [0.1, 0.15) is 0 Å². The number of alkyl halides is 3. The molecule has 2 aromatic heterocycles. The number of benzene rings is 2. The van der Waals surface area contributed by atoms with Crippen LogP contribution in [-0.4, -0.2) is 22.6 Å². The summed E-state index contributed by atoms with van der Waals surface area (Å²) in [5, 5.41) is 4.20. The average molecular weight is 448 g/mol. The van der Waals surface area contributed by atoms with Crippen molar-refractivity contribution in [3.05, 3.63) is 94.5 Å². The Morgan fingerprint density at radius 2 is 1.71 bits per heavy atom. The van der Waals surface area contributed by atoms with Crippen molar-refractivity contribution in [3.63, 3.8) is 0 Å². The summed E-state index contributed by atoms with van der Waals surface area (Å²) in [5.41, 5.74) is -0.579. The summed E-state index contributed by atoms with van der Waals surface area (Å²) in [6, 6.07) is 15.1. The molecule has 4 aromatic rings. The number of fused-ring (bicyclic) bond motifs is 1. The third-order valence-electron chi connectivity index (χ3n) is 4.48. The number of halogens is 3. The maximum Gasteiger partial charge on any atom is 0.417 e. The molecule has 0 aliphatic heterocycles. The fourth-order valence-electron chi connectivity index (χ4n) is 3.12. The number of hydrogen-bond donors (Lipinski definition) is 1. The van der Waals surface area contributed by atoms with E-state index in [1.54, 1.807) is 30.5 Å². The van der Waals surface area contributed by atoms with Gasteiger partial charge in [0.2, 0.25) is 0 Å². The summed E-state index contributed by atoms with van der Waals surface area (Å²) in [5.74, 6) is 0. The molecule has 0 bridgehead atoms. The topological polar surface area (TPSA) is 85.5 Å². The lowest BCUT2D eigenvalue weighted by atomic mass is 10.2. The number of anilines is 1. The highest BCUT2D eigenvalue weighted by Crippen LogP contribution is 2.34. The maximum absolute atomic E-state index is 13.2. The number of sulfonamides is 1. The second-order valence-electron chi connectivity index (χ2n) is 6.67. The van der Waals surface area contributed by atoms with Crippen molar-refractivity contribution in [2.75, 3.05) is 4.72 Å². The molecule has 2 aromatic carbocycles. The summed E-state index contributed by atoms with van der Waals surface area (Å²) in [4.78, 5) is 11.5. The molecule has 0 fully saturated rings. The Morgan fingerprint density at radius 3 is 2.45 bits per heavy atom. The molecule has 11 heteroatoms. The van der Waals surface area contributed by atoms with E-state index in [4.69, 9.17) is 0 Å². The number of nitrogens with one attached hydrogen (secondary N) is 1. The lowest BCUT2D eigenvalue weighted by molar-refractivity contribution is -0.139.